The van der Waals surface area contributed by atoms with Crippen LogP contribution >= 0.6 is 11.6 Å². The number of benzene rings is 2. The Balaban J connectivity index is 1.56. The van der Waals surface area contributed by atoms with Gasteiger partial charge in [0.05, 0.1) is 0 Å². The van der Waals surface area contributed by atoms with Crippen LogP contribution in [0.5, 0.6) is 0 Å². The van der Waals surface area contributed by atoms with E-state index in [2.05, 4.69) is 59.6 Å². The minimum Gasteiger partial charge on any atom is -0.380 e. The molecule has 0 aliphatic carbocycles. The summed E-state index contributed by atoms with van der Waals surface area (Å²) in [5.41, 5.74) is 4.15. The number of piperidine rings is 1. The molecule has 4 rings (SSSR count). The van der Waals surface area contributed by atoms with Crippen molar-refractivity contribution < 1.29 is 0 Å². The summed E-state index contributed by atoms with van der Waals surface area (Å²) in [7, 11) is 0. The minimum absolute atomic E-state index is 0.512. The zero-order valence-electron chi connectivity index (χ0n) is 15.6. The molecule has 0 spiro atoms. The van der Waals surface area contributed by atoms with Gasteiger partial charge in [-0.1, -0.05) is 68.1 Å². The molecular formula is C23H29ClN2. The topological polar surface area (TPSA) is 15.3 Å². The third-order valence-electron chi connectivity index (χ3n) is 6.11. The van der Waals surface area contributed by atoms with Gasteiger partial charge in [-0.3, -0.25) is 4.90 Å². The van der Waals surface area contributed by atoms with E-state index in [-0.39, 0.29) is 0 Å². The fourth-order valence-corrected chi connectivity index (χ4v) is 5.00. The Morgan fingerprint density at radius 3 is 2.77 bits per heavy atom. The highest BCUT2D eigenvalue weighted by Crippen LogP contribution is 2.45. The minimum atomic E-state index is 0.512. The van der Waals surface area contributed by atoms with Gasteiger partial charge >= 0.3 is 0 Å². The van der Waals surface area contributed by atoms with Crippen molar-refractivity contribution in [2.24, 2.45) is 0 Å². The van der Waals surface area contributed by atoms with E-state index in [4.69, 9.17) is 11.6 Å². The van der Waals surface area contributed by atoms with Gasteiger partial charge in [-0.25, -0.2) is 0 Å². The van der Waals surface area contributed by atoms with Crippen LogP contribution in [-0.4, -0.2) is 23.5 Å². The van der Waals surface area contributed by atoms with Gasteiger partial charge in [0.15, 0.2) is 0 Å². The average molecular weight is 369 g/mol. The predicted octanol–water partition coefficient (Wildman–Crippen LogP) is 6.07. The third-order valence-corrected chi connectivity index (χ3v) is 6.35. The first kappa shape index (κ1) is 17.9. The molecule has 0 amide bonds. The second-order valence-corrected chi connectivity index (χ2v) is 8.25. The maximum Gasteiger partial charge on any atom is 0.0486 e. The fraction of sp³-hybridized carbons (Fsp3) is 0.478. The first-order valence-electron chi connectivity index (χ1n) is 10.1. The largest absolute Gasteiger partial charge is 0.380 e. The molecule has 0 bridgehead atoms. The molecule has 26 heavy (non-hydrogen) atoms. The standard InChI is InChI=1S/C23H29ClN2/c1-2-3-5-10-22-23-19(20-15-18(24)11-12-21(20)25-23)13-14-26(22)16-17-8-6-4-7-9-17/h4,6-9,11-12,15,19,22-23,25H,2-3,5,10,13-14,16H2,1H3. The summed E-state index contributed by atoms with van der Waals surface area (Å²) in [6.45, 7) is 4.51. The van der Waals surface area contributed by atoms with Gasteiger partial charge in [-0.2, -0.15) is 0 Å². The van der Waals surface area contributed by atoms with E-state index in [0.717, 1.165) is 11.6 Å². The number of rotatable bonds is 6. The Hall–Kier alpha value is -1.51. The van der Waals surface area contributed by atoms with Crippen LogP contribution in [0.3, 0.4) is 0 Å². The molecule has 2 nitrogen and oxygen atoms in total. The first-order valence-corrected chi connectivity index (χ1v) is 10.5. The average Bonchev–Trinajstić information content (AvgIpc) is 3.02. The molecule has 0 aromatic heterocycles. The van der Waals surface area contributed by atoms with E-state index >= 15 is 0 Å². The number of unbranched alkanes of at least 4 members (excludes halogenated alkanes) is 2. The van der Waals surface area contributed by atoms with Crippen LogP contribution in [0.25, 0.3) is 0 Å². The molecule has 2 aromatic carbocycles. The lowest BCUT2D eigenvalue weighted by atomic mass is 9.81. The van der Waals surface area contributed by atoms with Gasteiger partial charge in [0, 0.05) is 35.3 Å². The second-order valence-electron chi connectivity index (χ2n) is 7.82. The van der Waals surface area contributed by atoms with Crippen LogP contribution in [0.2, 0.25) is 5.02 Å². The number of hydrogen-bond donors (Lipinski definition) is 1. The molecule has 2 heterocycles. The van der Waals surface area contributed by atoms with E-state index in [0.29, 0.717) is 18.0 Å². The maximum absolute atomic E-state index is 6.29. The lowest BCUT2D eigenvalue weighted by Crippen LogP contribution is -2.52. The van der Waals surface area contributed by atoms with Crippen LogP contribution in [0, 0.1) is 0 Å². The number of nitrogens with zero attached hydrogens (tertiary/aromatic N) is 1. The SMILES string of the molecule is CCCCCC1C2Nc3ccc(Cl)cc3C2CCN1Cc1ccccc1. The van der Waals surface area contributed by atoms with Crippen molar-refractivity contribution in [3.05, 3.63) is 64.7 Å². The quantitative estimate of drug-likeness (QED) is 0.622. The molecule has 1 saturated heterocycles. The van der Waals surface area contributed by atoms with Crippen molar-refractivity contribution >= 4 is 17.3 Å². The van der Waals surface area contributed by atoms with E-state index in [9.17, 15) is 0 Å². The molecule has 2 aliphatic rings. The molecule has 138 valence electrons. The third kappa shape index (κ3) is 3.63. The van der Waals surface area contributed by atoms with E-state index in [1.54, 1.807) is 0 Å². The molecular weight excluding hydrogens is 340 g/mol. The lowest BCUT2D eigenvalue weighted by molar-refractivity contribution is 0.108. The van der Waals surface area contributed by atoms with Gasteiger partial charge in [0.2, 0.25) is 0 Å². The van der Waals surface area contributed by atoms with E-state index in [1.165, 1.54) is 55.5 Å². The van der Waals surface area contributed by atoms with Crippen molar-refractivity contribution in [3.8, 4) is 0 Å². The van der Waals surface area contributed by atoms with Gasteiger partial charge in [0.1, 0.15) is 0 Å². The fourth-order valence-electron chi connectivity index (χ4n) is 4.82. The van der Waals surface area contributed by atoms with E-state index < -0.39 is 0 Å². The van der Waals surface area contributed by atoms with E-state index in [1.807, 2.05) is 6.07 Å². The van der Waals surface area contributed by atoms with Crippen molar-refractivity contribution in [1.82, 2.24) is 4.90 Å². The number of hydrogen-bond acceptors (Lipinski definition) is 2. The van der Waals surface area contributed by atoms with Crippen molar-refractivity contribution in [2.75, 3.05) is 11.9 Å². The monoisotopic (exact) mass is 368 g/mol. The molecule has 1 N–H and O–H groups in total. The molecule has 3 heteroatoms. The Kier molecular flexibility index (Phi) is 5.52. The second kappa shape index (κ2) is 8.02. The van der Waals surface area contributed by atoms with Crippen LogP contribution in [0.15, 0.2) is 48.5 Å². The summed E-state index contributed by atoms with van der Waals surface area (Å²) in [6, 6.07) is 18.4. The van der Waals surface area contributed by atoms with Gasteiger partial charge in [-0.05, 0) is 48.7 Å². The summed E-state index contributed by atoms with van der Waals surface area (Å²) in [5.74, 6) is 0.599. The molecule has 2 aliphatic heterocycles. The zero-order chi connectivity index (χ0) is 17.9. The maximum atomic E-state index is 6.29. The molecule has 0 radical (unpaired) electrons. The summed E-state index contributed by atoms with van der Waals surface area (Å²) < 4.78 is 0. The van der Waals surface area contributed by atoms with Crippen molar-refractivity contribution in [1.29, 1.82) is 0 Å². The highest BCUT2D eigenvalue weighted by Gasteiger charge is 2.42. The van der Waals surface area contributed by atoms with Crippen LogP contribution in [0.1, 0.15) is 56.1 Å². The van der Waals surface area contributed by atoms with Crippen molar-refractivity contribution in [3.63, 3.8) is 0 Å². The highest BCUT2D eigenvalue weighted by molar-refractivity contribution is 6.30. The summed E-state index contributed by atoms with van der Waals surface area (Å²) >= 11 is 6.29. The number of nitrogens with one attached hydrogen (secondary N) is 1. The number of likely N-dealkylation sites (tertiary alicyclic amines) is 1. The predicted molar refractivity (Wildman–Crippen MR) is 111 cm³/mol. The smallest absolute Gasteiger partial charge is 0.0486 e. The molecule has 0 saturated carbocycles. The number of anilines is 1. The van der Waals surface area contributed by atoms with Crippen molar-refractivity contribution in [2.45, 2.75) is 63.6 Å². The van der Waals surface area contributed by atoms with Gasteiger partial charge < -0.3 is 5.32 Å². The Morgan fingerprint density at radius 1 is 1.12 bits per heavy atom. The molecule has 3 atom stereocenters. The highest BCUT2D eigenvalue weighted by atomic mass is 35.5. The Labute approximate surface area is 162 Å². The van der Waals surface area contributed by atoms with Gasteiger partial charge in [0.25, 0.3) is 0 Å². The Morgan fingerprint density at radius 2 is 1.96 bits per heavy atom. The van der Waals surface area contributed by atoms with Crippen LogP contribution in [-0.2, 0) is 6.54 Å². The lowest BCUT2D eigenvalue weighted by Gasteiger charge is -2.43. The summed E-state index contributed by atoms with van der Waals surface area (Å²) in [4.78, 5) is 2.71. The first-order chi connectivity index (χ1) is 12.8. The Bertz CT molecular complexity index is 730. The van der Waals surface area contributed by atoms with Crippen LogP contribution in [0.4, 0.5) is 5.69 Å². The molecule has 2 aromatic rings. The normalized spacial score (nSPS) is 24.8. The van der Waals surface area contributed by atoms with Crippen LogP contribution < -0.4 is 5.32 Å². The summed E-state index contributed by atoms with van der Waals surface area (Å²) in [5, 5.41) is 4.72. The van der Waals surface area contributed by atoms with Gasteiger partial charge in [-0.15, -0.1) is 0 Å². The molecule has 1 fully saturated rings. The zero-order valence-corrected chi connectivity index (χ0v) is 16.4. The summed E-state index contributed by atoms with van der Waals surface area (Å²) in [6.07, 6.45) is 6.40. The molecule has 3 unspecified atom stereocenters. The number of fused-ring (bicyclic) bond motifs is 3. The number of halogens is 1.